The number of carbonyl (C=O) groups is 1. The van der Waals surface area contributed by atoms with Crippen molar-refractivity contribution in [2.75, 3.05) is 7.11 Å². The number of thiazole rings is 1. The van der Waals surface area contributed by atoms with Crippen LogP contribution in [0.3, 0.4) is 0 Å². The Morgan fingerprint density at radius 1 is 1.42 bits per heavy atom. The molecule has 0 saturated heterocycles. The zero-order valence-corrected chi connectivity index (χ0v) is 12.2. The first-order chi connectivity index (χ1) is 9.04. The van der Waals surface area contributed by atoms with Gasteiger partial charge < -0.3 is 4.74 Å². The minimum absolute atomic E-state index is 0.137. The van der Waals surface area contributed by atoms with Crippen LogP contribution in [0.15, 0.2) is 39.6 Å². The minimum Gasteiger partial charge on any atom is -0.464 e. The van der Waals surface area contributed by atoms with Crippen LogP contribution in [0.5, 0.6) is 0 Å². The summed E-state index contributed by atoms with van der Waals surface area (Å²) in [5.74, 6) is -0.401. The van der Waals surface area contributed by atoms with Crippen molar-refractivity contribution in [1.82, 2.24) is 4.98 Å². The van der Waals surface area contributed by atoms with Gasteiger partial charge in [-0.3, -0.25) is 10.1 Å². The topological polar surface area (TPSA) is 82.3 Å². The van der Waals surface area contributed by atoms with Gasteiger partial charge in [0.15, 0.2) is 9.61 Å². The maximum absolute atomic E-state index is 10.7. The summed E-state index contributed by atoms with van der Waals surface area (Å²) in [5.41, 5.74) is 0.483. The van der Waals surface area contributed by atoms with Crippen molar-refractivity contribution in [2.45, 2.75) is 0 Å². The summed E-state index contributed by atoms with van der Waals surface area (Å²) < 4.78 is 5.12. The zero-order valence-electron chi connectivity index (χ0n) is 9.78. The molecule has 0 fully saturated rings. The first-order valence-electron chi connectivity index (χ1n) is 4.93. The second-order valence-corrected chi connectivity index (χ2v) is 5.20. The Hall–Kier alpha value is -1.80. The smallest absolute Gasteiger partial charge is 0.357 e. The van der Waals surface area contributed by atoms with Gasteiger partial charge in [0.2, 0.25) is 0 Å². The molecular weight excluding hydrogens is 336 g/mol. The average Bonchev–Trinajstić information content (AvgIpc) is 2.86. The SMILES string of the molecule is COC(=O)c1csc(Br)n1.O=[N+]([O-])c1ccccc1. The highest BCUT2D eigenvalue weighted by molar-refractivity contribution is 9.11. The lowest BCUT2D eigenvalue weighted by molar-refractivity contribution is -0.384. The van der Waals surface area contributed by atoms with Crippen molar-refractivity contribution in [3.8, 4) is 0 Å². The lowest BCUT2D eigenvalue weighted by Crippen LogP contribution is -2.00. The highest BCUT2D eigenvalue weighted by Gasteiger charge is 2.08. The van der Waals surface area contributed by atoms with Crippen LogP contribution in [0, 0.1) is 10.1 Å². The summed E-state index contributed by atoms with van der Waals surface area (Å²) in [6.07, 6.45) is 0. The monoisotopic (exact) mass is 344 g/mol. The van der Waals surface area contributed by atoms with Gasteiger partial charge in [-0.1, -0.05) is 18.2 Å². The van der Waals surface area contributed by atoms with E-state index in [1.807, 2.05) is 0 Å². The van der Waals surface area contributed by atoms with Gasteiger partial charge >= 0.3 is 5.97 Å². The van der Waals surface area contributed by atoms with E-state index < -0.39 is 10.9 Å². The number of rotatable bonds is 2. The number of carbonyl (C=O) groups excluding carboxylic acids is 1. The number of nitrogens with zero attached hydrogens (tertiary/aromatic N) is 2. The second kappa shape index (κ2) is 7.59. The van der Waals surface area contributed by atoms with E-state index in [1.165, 1.54) is 30.6 Å². The van der Waals surface area contributed by atoms with Crippen LogP contribution >= 0.6 is 27.3 Å². The molecule has 0 aliphatic heterocycles. The van der Waals surface area contributed by atoms with Crippen LogP contribution in [0.1, 0.15) is 10.5 Å². The molecular formula is C11H9BrN2O4S. The van der Waals surface area contributed by atoms with E-state index in [2.05, 4.69) is 25.7 Å². The fourth-order valence-corrected chi connectivity index (χ4v) is 1.98. The van der Waals surface area contributed by atoms with Crippen molar-refractivity contribution >= 4 is 38.9 Å². The number of halogens is 1. The number of hydrogen-bond acceptors (Lipinski definition) is 6. The number of non-ortho nitro benzene ring substituents is 1. The van der Waals surface area contributed by atoms with Gasteiger partial charge in [-0.05, 0) is 15.9 Å². The van der Waals surface area contributed by atoms with E-state index in [0.29, 0.717) is 9.61 Å². The molecule has 0 amide bonds. The molecule has 0 atom stereocenters. The molecule has 1 heterocycles. The molecule has 0 aliphatic rings. The van der Waals surface area contributed by atoms with Crippen molar-refractivity contribution in [2.24, 2.45) is 0 Å². The molecule has 1 aromatic carbocycles. The number of hydrogen-bond donors (Lipinski definition) is 0. The first-order valence-corrected chi connectivity index (χ1v) is 6.60. The van der Waals surface area contributed by atoms with Crippen molar-refractivity contribution in [1.29, 1.82) is 0 Å². The number of esters is 1. The molecule has 8 heteroatoms. The summed E-state index contributed by atoms with van der Waals surface area (Å²) in [6, 6.07) is 7.93. The predicted molar refractivity (Wildman–Crippen MR) is 74.2 cm³/mol. The highest BCUT2D eigenvalue weighted by Crippen LogP contribution is 2.16. The fraction of sp³-hybridized carbons (Fsp3) is 0.0909. The lowest BCUT2D eigenvalue weighted by Gasteiger charge is -1.89. The Morgan fingerprint density at radius 3 is 2.42 bits per heavy atom. The molecule has 0 unspecified atom stereocenters. The number of nitro groups is 1. The summed E-state index contributed by atoms with van der Waals surface area (Å²) in [6.45, 7) is 0. The third-order valence-electron chi connectivity index (χ3n) is 1.84. The first kappa shape index (κ1) is 15.3. The van der Waals surface area contributed by atoms with Crippen molar-refractivity contribution in [3.63, 3.8) is 0 Å². The summed E-state index contributed by atoms with van der Waals surface area (Å²) >= 11 is 4.48. The summed E-state index contributed by atoms with van der Waals surface area (Å²) in [4.78, 5) is 24.2. The van der Waals surface area contributed by atoms with E-state index in [4.69, 9.17) is 0 Å². The van der Waals surface area contributed by atoms with Crippen LogP contribution in [-0.4, -0.2) is 23.0 Å². The molecule has 0 N–H and O–H groups in total. The Morgan fingerprint density at radius 2 is 2.05 bits per heavy atom. The van der Waals surface area contributed by atoms with Gasteiger partial charge in [-0.25, -0.2) is 9.78 Å². The molecule has 2 aromatic rings. The summed E-state index contributed by atoms with van der Waals surface area (Å²) in [7, 11) is 1.33. The third-order valence-corrected chi connectivity index (χ3v) is 3.20. The Balaban J connectivity index is 0.000000191. The molecule has 19 heavy (non-hydrogen) atoms. The van der Waals surface area contributed by atoms with Crippen LogP contribution in [0.25, 0.3) is 0 Å². The number of nitro benzene ring substituents is 1. The van der Waals surface area contributed by atoms with E-state index >= 15 is 0 Å². The maximum atomic E-state index is 10.7. The molecule has 1 aromatic heterocycles. The molecule has 6 nitrogen and oxygen atoms in total. The lowest BCUT2D eigenvalue weighted by atomic mass is 10.3. The average molecular weight is 345 g/mol. The number of methoxy groups -OCH3 is 1. The number of benzene rings is 1. The molecule has 0 aliphatic carbocycles. The van der Waals surface area contributed by atoms with Gasteiger partial charge in [-0.15, -0.1) is 11.3 Å². The quantitative estimate of drug-likeness (QED) is 0.474. The second-order valence-electron chi connectivity index (χ2n) is 3.07. The van der Waals surface area contributed by atoms with Gasteiger partial charge in [0.1, 0.15) is 0 Å². The molecule has 0 bridgehead atoms. The van der Waals surface area contributed by atoms with E-state index in [9.17, 15) is 14.9 Å². The largest absolute Gasteiger partial charge is 0.464 e. The third kappa shape index (κ3) is 5.14. The Bertz CT molecular complexity index is 559. The van der Waals surface area contributed by atoms with Gasteiger partial charge in [0, 0.05) is 17.5 Å². The van der Waals surface area contributed by atoms with Crippen LogP contribution in [0.2, 0.25) is 0 Å². The number of para-hydroxylation sites is 1. The molecule has 0 spiro atoms. The predicted octanol–water partition coefficient (Wildman–Crippen LogP) is 3.29. The maximum Gasteiger partial charge on any atom is 0.357 e. The molecule has 100 valence electrons. The number of ether oxygens (including phenoxy) is 1. The molecule has 2 rings (SSSR count). The fourth-order valence-electron chi connectivity index (χ4n) is 1.000. The minimum atomic E-state index is -0.417. The summed E-state index contributed by atoms with van der Waals surface area (Å²) in [5, 5.41) is 11.6. The van der Waals surface area contributed by atoms with E-state index in [1.54, 1.807) is 23.6 Å². The van der Waals surface area contributed by atoms with Crippen LogP contribution in [0.4, 0.5) is 5.69 Å². The number of aromatic nitrogens is 1. The van der Waals surface area contributed by atoms with Crippen LogP contribution in [-0.2, 0) is 4.74 Å². The van der Waals surface area contributed by atoms with Gasteiger partial charge in [0.25, 0.3) is 5.69 Å². The highest BCUT2D eigenvalue weighted by atomic mass is 79.9. The van der Waals surface area contributed by atoms with Crippen molar-refractivity contribution in [3.05, 3.63) is 55.4 Å². The normalized spacial score (nSPS) is 9.16. The van der Waals surface area contributed by atoms with Crippen molar-refractivity contribution < 1.29 is 14.5 Å². The Kier molecular flexibility index (Phi) is 6.10. The van der Waals surface area contributed by atoms with Crippen LogP contribution < -0.4 is 0 Å². The van der Waals surface area contributed by atoms with Gasteiger partial charge in [0.05, 0.1) is 12.0 Å². The Labute approximate surface area is 121 Å². The molecule has 0 saturated carbocycles. The standard InChI is InChI=1S/C6H5NO2.C5H4BrNO2S/c8-7(9)6-4-2-1-3-5-6;1-9-4(8)3-2-10-5(6)7-3/h1-5H;2H,1H3. The van der Waals surface area contributed by atoms with E-state index in [0.717, 1.165) is 0 Å². The zero-order chi connectivity index (χ0) is 14.3. The van der Waals surface area contributed by atoms with E-state index in [-0.39, 0.29) is 5.69 Å². The van der Waals surface area contributed by atoms with Gasteiger partial charge in [-0.2, -0.15) is 0 Å². The molecule has 0 radical (unpaired) electrons.